The molecule has 2 fully saturated rings. The van der Waals surface area contributed by atoms with E-state index in [9.17, 15) is 19.6 Å². The molecule has 206 valence electrons. The summed E-state index contributed by atoms with van der Waals surface area (Å²) >= 11 is 1.29. The first kappa shape index (κ1) is 28.6. The van der Waals surface area contributed by atoms with E-state index in [2.05, 4.69) is 11.1 Å². The molecule has 1 saturated carbocycles. The summed E-state index contributed by atoms with van der Waals surface area (Å²) in [5, 5.41) is 9.87. The highest BCUT2D eigenvalue weighted by atomic mass is 32.2. The largest absolute Gasteiger partial charge is 0.497 e. The Morgan fingerprint density at radius 1 is 1.15 bits per heavy atom. The topological polar surface area (TPSA) is 104 Å². The van der Waals surface area contributed by atoms with Crippen LogP contribution in [-0.2, 0) is 14.4 Å². The van der Waals surface area contributed by atoms with E-state index in [-0.39, 0.29) is 30.2 Å². The van der Waals surface area contributed by atoms with Crippen molar-refractivity contribution in [3.05, 3.63) is 46.6 Å². The van der Waals surface area contributed by atoms with Crippen molar-refractivity contribution in [1.29, 1.82) is 5.26 Å². The van der Waals surface area contributed by atoms with Gasteiger partial charge in [0.25, 0.3) is 5.91 Å². The van der Waals surface area contributed by atoms with Gasteiger partial charge < -0.3 is 9.64 Å². The molecule has 39 heavy (non-hydrogen) atoms. The lowest BCUT2D eigenvalue weighted by atomic mass is 9.92. The minimum absolute atomic E-state index is 0.0430. The molecule has 0 bridgehead atoms. The first-order valence-electron chi connectivity index (χ1n) is 13.6. The molecule has 1 aromatic carbocycles. The maximum absolute atomic E-state index is 14.3. The Balaban J connectivity index is 1.67. The van der Waals surface area contributed by atoms with E-state index >= 15 is 0 Å². The molecule has 8 nitrogen and oxygen atoms in total. The molecule has 2 unspecified atom stereocenters. The fourth-order valence-electron chi connectivity index (χ4n) is 5.52. The summed E-state index contributed by atoms with van der Waals surface area (Å²) in [6.45, 7) is 7.68. The summed E-state index contributed by atoms with van der Waals surface area (Å²) in [7, 11) is 1.56. The number of aromatic nitrogens is 1. The Labute approximate surface area is 234 Å². The third-order valence-corrected chi connectivity index (χ3v) is 9.33. The lowest BCUT2D eigenvalue weighted by molar-refractivity contribution is -0.141. The van der Waals surface area contributed by atoms with Gasteiger partial charge in [-0.15, -0.1) is 0 Å². The number of rotatable bonds is 8. The van der Waals surface area contributed by atoms with Gasteiger partial charge in [0.05, 0.1) is 30.0 Å². The number of anilines is 1. The van der Waals surface area contributed by atoms with Crippen LogP contribution in [0, 0.1) is 32.1 Å². The van der Waals surface area contributed by atoms with Gasteiger partial charge in [-0.3, -0.25) is 14.4 Å². The van der Waals surface area contributed by atoms with Crippen molar-refractivity contribution >= 4 is 35.2 Å². The van der Waals surface area contributed by atoms with Gasteiger partial charge in [0.2, 0.25) is 11.8 Å². The number of amides is 3. The number of methoxy groups -OCH3 is 1. The van der Waals surface area contributed by atoms with E-state index in [1.165, 1.54) is 16.7 Å². The predicted molar refractivity (Wildman–Crippen MR) is 151 cm³/mol. The number of carbonyl (C=O) groups excluding carboxylic acids is 3. The highest BCUT2D eigenvalue weighted by Gasteiger charge is 2.47. The van der Waals surface area contributed by atoms with Gasteiger partial charge >= 0.3 is 0 Å². The molecule has 2 aromatic rings. The predicted octanol–water partition coefficient (Wildman–Crippen LogP) is 5.25. The van der Waals surface area contributed by atoms with Crippen molar-refractivity contribution in [1.82, 2.24) is 9.88 Å². The Bertz CT molecular complexity index is 1300. The number of imide groups is 1. The van der Waals surface area contributed by atoms with Gasteiger partial charge in [0, 0.05) is 11.7 Å². The Morgan fingerprint density at radius 3 is 2.41 bits per heavy atom. The first-order valence-corrected chi connectivity index (χ1v) is 14.5. The third-order valence-electron chi connectivity index (χ3n) is 7.99. The molecule has 4 rings (SSSR count). The standard InChI is InChI=1S/C30H36N4O4S/c1-6-26(39-28-24(17-31)19(3)18(2)20(4)32-28)30(37)33(21-10-8-7-9-11-21)25-16-27(35)34(29(25)36)22-12-14-23(38-5)15-13-22/h12-15,21,25-26H,6-11,16H2,1-5H3. The molecule has 1 saturated heterocycles. The summed E-state index contributed by atoms with van der Waals surface area (Å²) < 4.78 is 5.21. The van der Waals surface area contributed by atoms with Crippen LogP contribution in [0.5, 0.6) is 5.75 Å². The van der Waals surface area contributed by atoms with Gasteiger partial charge in [0.1, 0.15) is 22.9 Å². The second-order valence-electron chi connectivity index (χ2n) is 10.3. The van der Waals surface area contributed by atoms with Crippen LogP contribution in [0.2, 0.25) is 0 Å². The Hall–Kier alpha value is -3.38. The summed E-state index contributed by atoms with van der Waals surface area (Å²) in [4.78, 5) is 48.8. The average Bonchev–Trinajstić information content (AvgIpc) is 3.24. The maximum atomic E-state index is 14.3. The number of carbonyl (C=O) groups is 3. The normalized spacial score (nSPS) is 18.7. The van der Waals surface area contributed by atoms with Crippen LogP contribution in [0.4, 0.5) is 5.69 Å². The van der Waals surface area contributed by atoms with E-state index in [0.717, 1.165) is 48.9 Å². The zero-order valence-electron chi connectivity index (χ0n) is 23.3. The molecule has 2 atom stereocenters. The molecule has 0 radical (unpaired) electrons. The van der Waals surface area contributed by atoms with Crippen LogP contribution in [0.3, 0.4) is 0 Å². The second-order valence-corrected chi connectivity index (χ2v) is 11.5. The molecule has 0 spiro atoms. The fourth-order valence-corrected chi connectivity index (χ4v) is 6.69. The summed E-state index contributed by atoms with van der Waals surface area (Å²) in [5.41, 5.74) is 3.61. The van der Waals surface area contributed by atoms with Crippen LogP contribution in [0.15, 0.2) is 29.3 Å². The van der Waals surface area contributed by atoms with E-state index in [1.807, 2.05) is 27.7 Å². The van der Waals surface area contributed by atoms with Crippen molar-refractivity contribution in [3.8, 4) is 11.8 Å². The number of benzene rings is 1. The zero-order valence-corrected chi connectivity index (χ0v) is 24.1. The van der Waals surface area contributed by atoms with Crippen LogP contribution >= 0.6 is 11.8 Å². The smallest absolute Gasteiger partial charge is 0.257 e. The van der Waals surface area contributed by atoms with Gasteiger partial charge in [-0.1, -0.05) is 37.9 Å². The number of ether oxygens (including phenoxy) is 1. The third kappa shape index (κ3) is 5.67. The molecule has 1 aliphatic heterocycles. The second kappa shape index (κ2) is 12.2. The van der Waals surface area contributed by atoms with Gasteiger partial charge in [0.15, 0.2) is 0 Å². The van der Waals surface area contributed by atoms with Crippen molar-refractivity contribution in [2.75, 3.05) is 12.0 Å². The molecule has 9 heteroatoms. The highest BCUT2D eigenvalue weighted by molar-refractivity contribution is 8.00. The molecule has 1 aliphatic carbocycles. The lowest BCUT2D eigenvalue weighted by Crippen LogP contribution is -2.53. The number of aryl methyl sites for hydroxylation is 1. The monoisotopic (exact) mass is 548 g/mol. The molecule has 0 N–H and O–H groups in total. The quantitative estimate of drug-likeness (QED) is 0.328. The first-order chi connectivity index (χ1) is 18.7. The zero-order chi connectivity index (χ0) is 28.3. The number of nitrogens with zero attached hydrogens (tertiary/aromatic N) is 4. The molecule has 2 aliphatic rings. The molecule has 2 heterocycles. The van der Waals surface area contributed by atoms with Crippen LogP contribution in [0.25, 0.3) is 0 Å². The lowest BCUT2D eigenvalue weighted by Gasteiger charge is -2.39. The van der Waals surface area contributed by atoms with Crippen molar-refractivity contribution in [3.63, 3.8) is 0 Å². The molecular weight excluding hydrogens is 512 g/mol. The molecular formula is C30H36N4O4S. The van der Waals surface area contributed by atoms with E-state index < -0.39 is 11.3 Å². The summed E-state index contributed by atoms with van der Waals surface area (Å²) in [6.07, 6.45) is 5.12. The van der Waals surface area contributed by atoms with Gasteiger partial charge in [-0.05, 0) is 75.4 Å². The Morgan fingerprint density at radius 2 is 1.82 bits per heavy atom. The van der Waals surface area contributed by atoms with E-state index in [4.69, 9.17) is 4.74 Å². The minimum atomic E-state index is -0.852. The SMILES string of the molecule is CCC(Sc1nc(C)c(C)c(C)c1C#N)C(=O)N(C1CCCCC1)C1CC(=O)N(c2ccc(OC)cc2)C1=O. The maximum Gasteiger partial charge on any atom is 0.257 e. The van der Waals surface area contributed by atoms with E-state index in [1.54, 1.807) is 36.3 Å². The molecule has 3 amide bonds. The van der Waals surface area contributed by atoms with Crippen molar-refractivity contribution < 1.29 is 19.1 Å². The van der Waals surface area contributed by atoms with Crippen molar-refractivity contribution in [2.45, 2.75) is 95.0 Å². The fraction of sp³-hybridized carbons (Fsp3) is 0.500. The molecule has 1 aromatic heterocycles. The number of nitriles is 1. The minimum Gasteiger partial charge on any atom is -0.497 e. The summed E-state index contributed by atoms with van der Waals surface area (Å²) in [5.74, 6) is -0.230. The van der Waals surface area contributed by atoms with Crippen LogP contribution < -0.4 is 9.64 Å². The summed E-state index contributed by atoms with van der Waals surface area (Å²) in [6, 6.07) is 8.10. The number of thioether (sulfide) groups is 1. The van der Waals surface area contributed by atoms with Gasteiger partial charge in [-0.2, -0.15) is 5.26 Å². The van der Waals surface area contributed by atoms with Crippen LogP contribution in [-0.4, -0.2) is 52.0 Å². The van der Waals surface area contributed by atoms with Gasteiger partial charge in [-0.25, -0.2) is 9.88 Å². The number of hydrogen-bond donors (Lipinski definition) is 0. The van der Waals surface area contributed by atoms with Crippen molar-refractivity contribution in [2.24, 2.45) is 0 Å². The average molecular weight is 549 g/mol. The van der Waals surface area contributed by atoms with E-state index in [0.29, 0.717) is 28.4 Å². The number of hydrogen-bond acceptors (Lipinski definition) is 7. The Kier molecular flexibility index (Phi) is 8.96. The van der Waals surface area contributed by atoms with Crippen LogP contribution in [0.1, 0.15) is 74.3 Å². The number of pyridine rings is 1. The highest BCUT2D eigenvalue weighted by Crippen LogP contribution is 2.36.